The van der Waals surface area contributed by atoms with Gasteiger partial charge in [-0.1, -0.05) is 23.7 Å². The average molecular weight is 426 g/mol. The minimum absolute atomic E-state index is 0.105. The number of hydrogen-bond acceptors (Lipinski definition) is 5. The van der Waals surface area contributed by atoms with Gasteiger partial charge in [-0.25, -0.2) is 4.79 Å². The Morgan fingerprint density at radius 1 is 1.17 bits per heavy atom. The number of anilines is 2. The molecule has 30 heavy (non-hydrogen) atoms. The van der Waals surface area contributed by atoms with E-state index < -0.39 is 0 Å². The highest BCUT2D eigenvalue weighted by atomic mass is 35.5. The lowest BCUT2D eigenvalue weighted by molar-refractivity contribution is 0.246. The lowest BCUT2D eigenvalue weighted by atomic mass is 10.1. The molecule has 0 radical (unpaired) electrons. The summed E-state index contributed by atoms with van der Waals surface area (Å²) in [4.78, 5) is 23.5. The number of amides is 2. The molecule has 2 N–H and O–H groups in total. The first-order chi connectivity index (χ1) is 14.5. The Labute approximate surface area is 180 Å². The fraction of sp³-hybridized carbons (Fsp3) is 0.318. The lowest BCUT2D eigenvalue weighted by Gasteiger charge is -2.33. The molecule has 4 rings (SSSR count). The number of benzene rings is 1. The van der Waals surface area contributed by atoms with Gasteiger partial charge in [0.25, 0.3) is 0 Å². The lowest BCUT2D eigenvalue weighted by Crippen LogP contribution is -2.46. The first kappa shape index (κ1) is 20.2. The van der Waals surface area contributed by atoms with Crippen LogP contribution < -0.4 is 20.3 Å². The molecule has 0 atom stereocenters. The van der Waals surface area contributed by atoms with E-state index in [9.17, 15) is 4.79 Å². The topological polar surface area (TPSA) is 79.4 Å². The van der Waals surface area contributed by atoms with Gasteiger partial charge in [-0.05, 0) is 44.0 Å². The fourth-order valence-corrected chi connectivity index (χ4v) is 3.97. The van der Waals surface area contributed by atoms with Gasteiger partial charge in [0.05, 0.1) is 12.8 Å². The maximum absolute atomic E-state index is 12.6. The van der Waals surface area contributed by atoms with Crippen LogP contribution in [0.1, 0.15) is 18.5 Å². The van der Waals surface area contributed by atoms with Crippen LogP contribution in [0, 0.1) is 6.92 Å². The highest BCUT2D eigenvalue weighted by molar-refractivity contribution is 6.31. The normalized spacial score (nSPS) is 14.6. The molecule has 3 heterocycles. The average Bonchev–Trinajstić information content (AvgIpc) is 2.75. The van der Waals surface area contributed by atoms with Crippen molar-refractivity contribution < 1.29 is 9.53 Å². The molecule has 0 aliphatic carbocycles. The second-order valence-electron chi connectivity index (χ2n) is 7.32. The number of urea groups is 1. The number of hydrogen-bond donors (Lipinski definition) is 2. The van der Waals surface area contributed by atoms with Crippen molar-refractivity contribution in [3.63, 3.8) is 0 Å². The van der Waals surface area contributed by atoms with Crippen LogP contribution in [0.4, 0.5) is 16.3 Å². The molecule has 1 aliphatic heterocycles. The highest BCUT2D eigenvalue weighted by Crippen LogP contribution is 2.27. The summed E-state index contributed by atoms with van der Waals surface area (Å²) in [7, 11) is 1.56. The zero-order valence-corrected chi connectivity index (χ0v) is 17.7. The quantitative estimate of drug-likeness (QED) is 0.648. The maximum Gasteiger partial charge on any atom is 0.319 e. The molecule has 0 saturated carbocycles. The summed E-state index contributed by atoms with van der Waals surface area (Å²) in [6.45, 7) is 3.55. The number of nitrogens with zero attached hydrogens (tertiary/aromatic N) is 3. The van der Waals surface area contributed by atoms with Crippen LogP contribution in [-0.4, -0.2) is 42.2 Å². The smallest absolute Gasteiger partial charge is 0.319 e. The zero-order chi connectivity index (χ0) is 21.1. The Bertz CT molecular complexity index is 1070. The van der Waals surface area contributed by atoms with E-state index in [1.807, 2.05) is 37.3 Å². The molecule has 0 unspecified atom stereocenters. The van der Waals surface area contributed by atoms with Crippen LogP contribution in [0.3, 0.4) is 0 Å². The second-order valence-corrected chi connectivity index (χ2v) is 7.72. The summed E-state index contributed by atoms with van der Waals surface area (Å²) in [5, 5.41) is 8.60. The molecule has 1 aliphatic rings. The van der Waals surface area contributed by atoms with E-state index in [1.54, 1.807) is 19.4 Å². The third-order valence-corrected chi connectivity index (χ3v) is 5.69. The summed E-state index contributed by atoms with van der Waals surface area (Å²) in [5.41, 5.74) is 1.72. The van der Waals surface area contributed by atoms with E-state index in [-0.39, 0.29) is 12.1 Å². The number of carbonyl (C=O) groups is 1. The van der Waals surface area contributed by atoms with Crippen molar-refractivity contribution in [1.29, 1.82) is 0 Å². The van der Waals surface area contributed by atoms with E-state index in [2.05, 4.69) is 25.5 Å². The monoisotopic (exact) mass is 425 g/mol. The van der Waals surface area contributed by atoms with Crippen LogP contribution in [0.15, 0.2) is 42.6 Å². The molecule has 3 aromatic rings. The van der Waals surface area contributed by atoms with Crippen molar-refractivity contribution in [1.82, 2.24) is 15.3 Å². The van der Waals surface area contributed by atoms with Gasteiger partial charge in [0.15, 0.2) is 0 Å². The van der Waals surface area contributed by atoms with Gasteiger partial charge in [-0.3, -0.25) is 4.98 Å². The van der Waals surface area contributed by atoms with Crippen molar-refractivity contribution in [3.8, 4) is 5.88 Å². The SMILES string of the molecule is COc1nc(N2CCC(NC(=O)Nc3cccc4c(C)nccc34)CC2)ccc1Cl. The molecule has 0 spiro atoms. The van der Waals surface area contributed by atoms with Crippen molar-refractivity contribution in [2.75, 3.05) is 30.4 Å². The number of methoxy groups -OCH3 is 1. The van der Waals surface area contributed by atoms with Gasteiger partial charge in [0, 0.05) is 41.8 Å². The summed E-state index contributed by atoms with van der Waals surface area (Å²) in [6, 6.07) is 11.4. The maximum atomic E-state index is 12.6. The number of aryl methyl sites for hydroxylation is 1. The van der Waals surface area contributed by atoms with Crippen LogP contribution in [0.25, 0.3) is 10.8 Å². The van der Waals surface area contributed by atoms with Gasteiger partial charge in [-0.15, -0.1) is 0 Å². The Balaban J connectivity index is 1.36. The molecular formula is C22H24ClN5O2. The number of piperidine rings is 1. The van der Waals surface area contributed by atoms with Crippen LogP contribution >= 0.6 is 11.6 Å². The molecule has 2 amide bonds. The molecular weight excluding hydrogens is 402 g/mol. The third kappa shape index (κ3) is 4.26. The summed E-state index contributed by atoms with van der Waals surface area (Å²) in [6.07, 6.45) is 3.42. The molecule has 156 valence electrons. The largest absolute Gasteiger partial charge is 0.480 e. The standard InChI is InChI=1S/C22H24ClN5O2/c1-14-16-4-3-5-19(17(16)8-11-24-14)26-22(29)25-15-9-12-28(13-10-15)20-7-6-18(23)21(27-20)30-2/h3-8,11,15H,9-10,12-13H2,1-2H3,(H2,25,26,29). The summed E-state index contributed by atoms with van der Waals surface area (Å²) >= 11 is 6.06. The molecule has 2 aromatic heterocycles. The van der Waals surface area contributed by atoms with Crippen molar-refractivity contribution in [2.45, 2.75) is 25.8 Å². The van der Waals surface area contributed by atoms with Crippen molar-refractivity contribution in [2.24, 2.45) is 0 Å². The van der Waals surface area contributed by atoms with Gasteiger partial charge in [0.1, 0.15) is 10.8 Å². The number of nitrogens with one attached hydrogen (secondary N) is 2. The zero-order valence-electron chi connectivity index (χ0n) is 17.0. The molecule has 0 bridgehead atoms. The molecule has 1 fully saturated rings. The van der Waals surface area contributed by atoms with Crippen LogP contribution in [-0.2, 0) is 0 Å². The number of fused-ring (bicyclic) bond motifs is 1. The van der Waals surface area contributed by atoms with E-state index >= 15 is 0 Å². The Morgan fingerprint density at radius 2 is 1.97 bits per heavy atom. The number of aromatic nitrogens is 2. The highest BCUT2D eigenvalue weighted by Gasteiger charge is 2.22. The predicted octanol–water partition coefficient (Wildman–Crippen LogP) is 4.39. The Morgan fingerprint density at radius 3 is 2.73 bits per heavy atom. The van der Waals surface area contributed by atoms with Crippen LogP contribution in [0.5, 0.6) is 5.88 Å². The molecule has 1 aromatic carbocycles. The number of halogens is 1. The van der Waals surface area contributed by atoms with Gasteiger partial charge in [0.2, 0.25) is 5.88 Å². The molecule has 8 heteroatoms. The van der Waals surface area contributed by atoms with Gasteiger partial charge < -0.3 is 20.3 Å². The van der Waals surface area contributed by atoms with Gasteiger partial charge >= 0.3 is 6.03 Å². The van der Waals surface area contributed by atoms with E-state index in [0.717, 1.165) is 53.9 Å². The second kappa shape index (κ2) is 8.75. The Hall–Kier alpha value is -3.06. The minimum atomic E-state index is -0.193. The first-order valence-electron chi connectivity index (χ1n) is 9.92. The van der Waals surface area contributed by atoms with Crippen molar-refractivity contribution in [3.05, 3.63) is 53.3 Å². The number of carbonyl (C=O) groups excluding carboxylic acids is 1. The molecule has 1 saturated heterocycles. The molecule has 7 nitrogen and oxygen atoms in total. The fourth-order valence-electron chi connectivity index (χ4n) is 3.79. The van der Waals surface area contributed by atoms with Crippen molar-refractivity contribution >= 4 is 39.9 Å². The number of rotatable bonds is 4. The first-order valence-corrected chi connectivity index (χ1v) is 10.3. The van der Waals surface area contributed by atoms with Crippen LogP contribution in [0.2, 0.25) is 5.02 Å². The van der Waals surface area contributed by atoms with E-state index in [4.69, 9.17) is 16.3 Å². The number of ether oxygens (including phenoxy) is 1. The third-order valence-electron chi connectivity index (χ3n) is 5.40. The minimum Gasteiger partial charge on any atom is -0.480 e. The van der Waals surface area contributed by atoms with E-state index in [1.165, 1.54) is 0 Å². The Kier molecular flexibility index (Phi) is 5.90. The number of pyridine rings is 2. The predicted molar refractivity (Wildman–Crippen MR) is 120 cm³/mol. The van der Waals surface area contributed by atoms with Gasteiger partial charge in [-0.2, -0.15) is 4.98 Å². The van der Waals surface area contributed by atoms with E-state index in [0.29, 0.717) is 10.9 Å². The summed E-state index contributed by atoms with van der Waals surface area (Å²) in [5.74, 6) is 1.26. The summed E-state index contributed by atoms with van der Waals surface area (Å²) < 4.78 is 5.21.